The summed E-state index contributed by atoms with van der Waals surface area (Å²) in [6, 6.07) is 12.0. The van der Waals surface area contributed by atoms with E-state index < -0.39 is 5.82 Å². The Bertz CT molecular complexity index is 662. The fourth-order valence-electron chi connectivity index (χ4n) is 2.00. The van der Waals surface area contributed by atoms with Gasteiger partial charge in [0.1, 0.15) is 17.6 Å². The molecule has 0 atom stereocenters. The molecule has 0 fully saturated rings. The maximum absolute atomic E-state index is 13.1. The van der Waals surface area contributed by atoms with E-state index in [-0.39, 0.29) is 5.56 Å². The standard InChI is InChI=1S/C16H15FN2O/c1-11-3-6-16(20-2)13(7-11)10-19-15-5-4-14(17)8-12(15)9-18/h3-8,19H,10H2,1-2H3. The summed E-state index contributed by atoms with van der Waals surface area (Å²) in [5.74, 6) is 0.365. The first-order valence-corrected chi connectivity index (χ1v) is 6.21. The van der Waals surface area contributed by atoms with Gasteiger partial charge in [0.25, 0.3) is 0 Å². The number of halogens is 1. The maximum Gasteiger partial charge on any atom is 0.124 e. The minimum atomic E-state index is -0.416. The molecule has 0 aromatic heterocycles. The molecule has 0 saturated heterocycles. The first-order valence-electron chi connectivity index (χ1n) is 6.21. The van der Waals surface area contributed by atoms with Gasteiger partial charge in [-0.05, 0) is 31.2 Å². The molecule has 0 aliphatic rings. The molecule has 0 aliphatic heterocycles. The lowest BCUT2D eigenvalue weighted by molar-refractivity contribution is 0.410. The number of ether oxygens (including phenoxy) is 1. The highest BCUT2D eigenvalue weighted by molar-refractivity contribution is 5.58. The lowest BCUT2D eigenvalue weighted by Crippen LogP contribution is -2.03. The van der Waals surface area contributed by atoms with Gasteiger partial charge in [0.2, 0.25) is 0 Å². The van der Waals surface area contributed by atoms with Crippen LogP contribution in [0.1, 0.15) is 16.7 Å². The van der Waals surface area contributed by atoms with Gasteiger partial charge in [-0.2, -0.15) is 5.26 Å². The Hall–Kier alpha value is -2.54. The van der Waals surface area contributed by atoms with Gasteiger partial charge in [-0.1, -0.05) is 17.7 Å². The van der Waals surface area contributed by atoms with Gasteiger partial charge in [-0.15, -0.1) is 0 Å². The summed E-state index contributed by atoms with van der Waals surface area (Å²) in [6.07, 6.45) is 0. The molecule has 1 N–H and O–H groups in total. The molecular formula is C16H15FN2O. The van der Waals surface area contributed by atoms with Crippen LogP contribution in [0.4, 0.5) is 10.1 Å². The fraction of sp³-hybridized carbons (Fsp3) is 0.188. The first kappa shape index (κ1) is 13.9. The van der Waals surface area contributed by atoms with Gasteiger partial charge in [0, 0.05) is 12.1 Å². The second kappa shape index (κ2) is 6.07. The molecule has 0 heterocycles. The van der Waals surface area contributed by atoms with Crippen molar-refractivity contribution in [1.29, 1.82) is 5.26 Å². The molecule has 102 valence electrons. The van der Waals surface area contributed by atoms with Crippen LogP contribution in [0.2, 0.25) is 0 Å². The molecule has 0 aliphatic carbocycles. The molecule has 0 amide bonds. The van der Waals surface area contributed by atoms with E-state index in [9.17, 15) is 4.39 Å². The van der Waals surface area contributed by atoms with Crippen LogP contribution in [0, 0.1) is 24.1 Å². The van der Waals surface area contributed by atoms with E-state index in [1.807, 2.05) is 31.2 Å². The normalized spacial score (nSPS) is 9.90. The summed E-state index contributed by atoms with van der Waals surface area (Å²) in [4.78, 5) is 0. The van der Waals surface area contributed by atoms with Crippen molar-refractivity contribution in [3.8, 4) is 11.8 Å². The number of anilines is 1. The van der Waals surface area contributed by atoms with Crippen molar-refractivity contribution < 1.29 is 9.13 Å². The van der Waals surface area contributed by atoms with Crippen LogP contribution >= 0.6 is 0 Å². The Kier molecular flexibility index (Phi) is 4.21. The second-order valence-corrected chi connectivity index (χ2v) is 4.47. The van der Waals surface area contributed by atoms with Crippen molar-refractivity contribution in [3.63, 3.8) is 0 Å². The number of nitrogens with zero attached hydrogens (tertiary/aromatic N) is 1. The molecule has 0 saturated carbocycles. The van der Waals surface area contributed by atoms with Crippen LogP contribution < -0.4 is 10.1 Å². The van der Waals surface area contributed by atoms with Crippen molar-refractivity contribution in [2.24, 2.45) is 0 Å². The lowest BCUT2D eigenvalue weighted by Gasteiger charge is -2.12. The molecule has 2 rings (SSSR count). The average Bonchev–Trinajstić information content (AvgIpc) is 2.46. The number of hydrogen-bond acceptors (Lipinski definition) is 3. The maximum atomic E-state index is 13.1. The SMILES string of the molecule is COc1ccc(C)cc1CNc1ccc(F)cc1C#N. The summed E-state index contributed by atoms with van der Waals surface area (Å²) >= 11 is 0. The zero-order valence-electron chi connectivity index (χ0n) is 11.4. The second-order valence-electron chi connectivity index (χ2n) is 4.47. The average molecular weight is 270 g/mol. The van der Waals surface area contributed by atoms with Crippen molar-refractivity contribution in [2.45, 2.75) is 13.5 Å². The van der Waals surface area contributed by atoms with Crippen molar-refractivity contribution in [2.75, 3.05) is 12.4 Å². The Morgan fingerprint density at radius 3 is 2.75 bits per heavy atom. The Morgan fingerprint density at radius 2 is 2.05 bits per heavy atom. The van der Waals surface area contributed by atoms with Crippen molar-refractivity contribution in [3.05, 3.63) is 58.9 Å². The highest BCUT2D eigenvalue weighted by Crippen LogP contribution is 2.22. The summed E-state index contributed by atoms with van der Waals surface area (Å²) < 4.78 is 18.4. The predicted octanol–water partition coefficient (Wildman–Crippen LogP) is 3.63. The number of benzene rings is 2. The van der Waals surface area contributed by atoms with Crippen LogP contribution in [0.25, 0.3) is 0 Å². The van der Waals surface area contributed by atoms with Gasteiger partial charge in [0.05, 0.1) is 18.4 Å². The number of rotatable bonds is 4. The molecule has 2 aromatic rings. The third-order valence-electron chi connectivity index (χ3n) is 3.01. The summed E-state index contributed by atoms with van der Waals surface area (Å²) in [7, 11) is 1.62. The zero-order valence-corrected chi connectivity index (χ0v) is 11.4. The van der Waals surface area contributed by atoms with E-state index in [0.29, 0.717) is 12.2 Å². The van der Waals surface area contributed by atoms with Gasteiger partial charge in [-0.3, -0.25) is 0 Å². The van der Waals surface area contributed by atoms with Crippen LogP contribution in [0.15, 0.2) is 36.4 Å². The van der Waals surface area contributed by atoms with Crippen LogP contribution in [0.5, 0.6) is 5.75 Å². The summed E-state index contributed by atoms with van der Waals surface area (Å²) in [5.41, 5.74) is 3.01. The topological polar surface area (TPSA) is 45.0 Å². The van der Waals surface area contributed by atoms with Crippen LogP contribution in [-0.2, 0) is 6.54 Å². The molecular weight excluding hydrogens is 255 g/mol. The molecule has 20 heavy (non-hydrogen) atoms. The van der Waals surface area contributed by atoms with E-state index in [2.05, 4.69) is 5.32 Å². The van der Waals surface area contributed by atoms with Crippen LogP contribution in [-0.4, -0.2) is 7.11 Å². The minimum Gasteiger partial charge on any atom is -0.496 e. The Balaban J connectivity index is 2.21. The molecule has 2 aromatic carbocycles. The number of methoxy groups -OCH3 is 1. The molecule has 4 heteroatoms. The highest BCUT2D eigenvalue weighted by Gasteiger charge is 2.06. The van der Waals surface area contributed by atoms with Gasteiger partial charge < -0.3 is 10.1 Å². The first-order chi connectivity index (χ1) is 9.63. The molecule has 0 spiro atoms. The monoisotopic (exact) mass is 270 g/mol. The summed E-state index contributed by atoms with van der Waals surface area (Å²) in [6.45, 7) is 2.51. The van der Waals surface area contributed by atoms with Gasteiger partial charge in [0.15, 0.2) is 0 Å². The van der Waals surface area contributed by atoms with E-state index >= 15 is 0 Å². The third kappa shape index (κ3) is 3.07. The third-order valence-corrected chi connectivity index (χ3v) is 3.01. The number of nitrogens with one attached hydrogen (secondary N) is 1. The largest absolute Gasteiger partial charge is 0.496 e. The predicted molar refractivity (Wildman–Crippen MR) is 76.2 cm³/mol. The fourth-order valence-corrected chi connectivity index (χ4v) is 2.00. The number of aryl methyl sites for hydroxylation is 1. The number of hydrogen-bond donors (Lipinski definition) is 1. The molecule has 0 radical (unpaired) electrons. The quantitative estimate of drug-likeness (QED) is 0.922. The Labute approximate surface area is 117 Å². The lowest BCUT2D eigenvalue weighted by atomic mass is 10.1. The zero-order chi connectivity index (χ0) is 14.5. The Morgan fingerprint density at radius 1 is 1.25 bits per heavy atom. The van der Waals surface area contributed by atoms with E-state index in [0.717, 1.165) is 16.9 Å². The molecule has 0 bridgehead atoms. The van der Waals surface area contributed by atoms with Crippen molar-refractivity contribution in [1.82, 2.24) is 0 Å². The van der Waals surface area contributed by atoms with Crippen molar-refractivity contribution >= 4 is 5.69 Å². The van der Waals surface area contributed by atoms with Gasteiger partial charge in [-0.25, -0.2) is 4.39 Å². The summed E-state index contributed by atoms with van der Waals surface area (Å²) in [5, 5.41) is 12.1. The van der Waals surface area contributed by atoms with Gasteiger partial charge >= 0.3 is 0 Å². The van der Waals surface area contributed by atoms with E-state index in [1.165, 1.54) is 12.1 Å². The van der Waals surface area contributed by atoms with E-state index in [4.69, 9.17) is 10.00 Å². The number of nitriles is 1. The molecule has 3 nitrogen and oxygen atoms in total. The van der Waals surface area contributed by atoms with Crippen LogP contribution in [0.3, 0.4) is 0 Å². The van der Waals surface area contributed by atoms with E-state index in [1.54, 1.807) is 13.2 Å². The highest BCUT2D eigenvalue weighted by atomic mass is 19.1. The minimum absolute atomic E-state index is 0.289. The smallest absolute Gasteiger partial charge is 0.124 e. The molecule has 0 unspecified atom stereocenters.